The van der Waals surface area contributed by atoms with Gasteiger partial charge in [-0.3, -0.25) is 4.79 Å². The van der Waals surface area contributed by atoms with Gasteiger partial charge in [0.25, 0.3) is 0 Å². The van der Waals surface area contributed by atoms with Crippen molar-refractivity contribution in [2.75, 3.05) is 19.6 Å². The molecule has 1 saturated heterocycles. The highest BCUT2D eigenvalue weighted by Crippen LogP contribution is 2.19. The number of nitrogens with one attached hydrogen (secondary N) is 1. The summed E-state index contributed by atoms with van der Waals surface area (Å²) >= 11 is 5.90. The Morgan fingerprint density at radius 2 is 2.18 bits per heavy atom. The molecule has 122 valence electrons. The van der Waals surface area contributed by atoms with Crippen LogP contribution in [0.4, 0.5) is 0 Å². The lowest BCUT2D eigenvalue weighted by Crippen LogP contribution is -2.44. The SMILES string of the molecule is Cc1cc(S(=O)(=O)NCC(=O)N2CCCC(C)C2)ccc1Cl. The molecule has 0 radical (unpaired) electrons. The average molecular weight is 345 g/mol. The molecule has 5 nitrogen and oxygen atoms in total. The highest BCUT2D eigenvalue weighted by atomic mass is 35.5. The Bertz CT molecular complexity index is 661. The molecule has 2 rings (SSSR count). The lowest BCUT2D eigenvalue weighted by molar-refractivity contribution is -0.131. The normalized spacial score (nSPS) is 19.2. The lowest BCUT2D eigenvalue weighted by atomic mass is 10.0. The fraction of sp³-hybridized carbons (Fsp3) is 0.533. The lowest BCUT2D eigenvalue weighted by Gasteiger charge is -2.31. The first-order chi connectivity index (χ1) is 10.3. The van der Waals surface area contributed by atoms with Crippen LogP contribution in [0.3, 0.4) is 0 Å². The maximum atomic E-state index is 12.2. The number of sulfonamides is 1. The van der Waals surface area contributed by atoms with E-state index in [1.165, 1.54) is 12.1 Å². The Balaban J connectivity index is 2.00. The van der Waals surface area contributed by atoms with Crippen LogP contribution >= 0.6 is 11.6 Å². The number of amides is 1. The molecule has 1 fully saturated rings. The summed E-state index contributed by atoms with van der Waals surface area (Å²) in [6, 6.07) is 4.48. The third kappa shape index (κ3) is 4.21. The van der Waals surface area contributed by atoms with Crippen molar-refractivity contribution < 1.29 is 13.2 Å². The molecule has 0 aromatic heterocycles. The van der Waals surface area contributed by atoms with E-state index in [-0.39, 0.29) is 17.3 Å². The van der Waals surface area contributed by atoms with Crippen LogP contribution in [0.1, 0.15) is 25.3 Å². The molecule has 1 aromatic rings. The predicted octanol–water partition coefficient (Wildman–Crippen LogP) is 2.19. The van der Waals surface area contributed by atoms with E-state index in [2.05, 4.69) is 11.6 Å². The van der Waals surface area contributed by atoms with Crippen LogP contribution in [0.5, 0.6) is 0 Å². The monoisotopic (exact) mass is 344 g/mol. The molecule has 1 amide bonds. The molecule has 1 N–H and O–H groups in total. The van der Waals surface area contributed by atoms with Crippen molar-refractivity contribution >= 4 is 27.5 Å². The van der Waals surface area contributed by atoms with E-state index in [1.54, 1.807) is 17.9 Å². The van der Waals surface area contributed by atoms with Crippen LogP contribution in [0.15, 0.2) is 23.1 Å². The quantitative estimate of drug-likeness (QED) is 0.910. The Labute approximate surface area is 136 Å². The average Bonchev–Trinajstić information content (AvgIpc) is 2.47. The molecule has 1 aliphatic heterocycles. The maximum Gasteiger partial charge on any atom is 0.241 e. The minimum absolute atomic E-state index is 0.120. The summed E-state index contributed by atoms with van der Waals surface area (Å²) in [6.07, 6.45) is 2.08. The van der Waals surface area contributed by atoms with Crippen molar-refractivity contribution in [3.63, 3.8) is 0 Å². The van der Waals surface area contributed by atoms with E-state index in [0.29, 0.717) is 29.6 Å². The smallest absolute Gasteiger partial charge is 0.241 e. The largest absolute Gasteiger partial charge is 0.341 e. The number of carbonyl (C=O) groups excluding carboxylic acids is 1. The van der Waals surface area contributed by atoms with Gasteiger partial charge >= 0.3 is 0 Å². The minimum Gasteiger partial charge on any atom is -0.341 e. The van der Waals surface area contributed by atoms with Gasteiger partial charge in [0.2, 0.25) is 15.9 Å². The van der Waals surface area contributed by atoms with Crippen molar-refractivity contribution in [2.45, 2.75) is 31.6 Å². The molecule has 1 aromatic carbocycles. The summed E-state index contributed by atoms with van der Waals surface area (Å²) in [4.78, 5) is 14.0. The molecule has 0 bridgehead atoms. The third-order valence-electron chi connectivity index (χ3n) is 3.86. The van der Waals surface area contributed by atoms with Crippen LogP contribution in [-0.2, 0) is 14.8 Å². The number of nitrogens with zero attached hydrogens (tertiary/aromatic N) is 1. The molecule has 22 heavy (non-hydrogen) atoms. The third-order valence-corrected chi connectivity index (χ3v) is 5.69. The van der Waals surface area contributed by atoms with Gasteiger partial charge in [-0.1, -0.05) is 18.5 Å². The summed E-state index contributed by atoms with van der Waals surface area (Å²) < 4.78 is 26.8. The highest BCUT2D eigenvalue weighted by molar-refractivity contribution is 7.89. The van der Waals surface area contributed by atoms with Crippen LogP contribution in [0.25, 0.3) is 0 Å². The van der Waals surface area contributed by atoms with E-state index in [0.717, 1.165) is 12.8 Å². The van der Waals surface area contributed by atoms with Gasteiger partial charge in [0.15, 0.2) is 0 Å². The molecule has 1 unspecified atom stereocenters. The molecular weight excluding hydrogens is 324 g/mol. The van der Waals surface area contributed by atoms with E-state index in [4.69, 9.17) is 11.6 Å². The van der Waals surface area contributed by atoms with Crippen molar-refractivity contribution in [1.29, 1.82) is 0 Å². The number of halogens is 1. The fourth-order valence-electron chi connectivity index (χ4n) is 2.55. The summed E-state index contributed by atoms with van der Waals surface area (Å²) in [5.74, 6) is 0.286. The maximum absolute atomic E-state index is 12.2. The first-order valence-electron chi connectivity index (χ1n) is 7.33. The van der Waals surface area contributed by atoms with Crippen molar-refractivity contribution in [3.8, 4) is 0 Å². The zero-order chi connectivity index (χ0) is 16.3. The van der Waals surface area contributed by atoms with Gasteiger partial charge in [-0.25, -0.2) is 13.1 Å². The molecular formula is C15H21ClN2O3S. The Hall–Kier alpha value is -1.11. The van der Waals surface area contributed by atoms with Gasteiger partial charge < -0.3 is 4.90 Å². The van der Waals surface area contributed by atoms with E-state index in [1.807, 2.05) is 0 Å². The van der Waals surface area contributed by atoms with E-state index in [9.17, 15) is 13.2 Å². The van der Waals surface area contributed by atoms with Crippen molar-refractivity contribution in [2.24, 2.45) is 5.92 Å². The van der Waals surface area contributed by atoms with Crippen molar-refractivity contribution in [1.82, 2.24) is 9.62 Å². The Morgan fingerprint density at radius 1 is 1.45 bits per heavy atom. The number of rotatable bonds is 4. The molecule has 0 spiro atoms. The van der Waals surface area contributed by atoms with Gasteiger partial charge in [-0.2, -0.15) is 0 Å². The van der Waals surface area contributed by atoms with Gasteiger partial charge in [-0.05, 0) is 49.4 Å². The number of benzene rings is 1. The zero-order valence-corrected chi connectivity index (χ0v) is 14.4. The number of hydrogen-bond donors (Lipinski definition) is 1. The topological polar surface area (TPSA) is 66.5 Å². The molecule has 1 heterocycles. The van der Waals surface area contributed by atoms with Crippen LogP contribution in [0, 0.1) is 12.8 Å². The van der Waals surface area contributed by atoms with E-state index >= 15 is 0 Å². The highest BCUT2D eigenvalue weighted by Gasteiger charge is 2.23. The Morgan fingerprint density at radius 3 is 2.82 bits per heavy atom. The van der Waals surface area contributed by atoms with Crippen LogP contribution < -0.4 is 4.72 Å². The van der Waals surface area contributed by atoms with Crippen LogP contribution in [-0.4, -0.2) is 38.9 Å². The zero-order valence-electron chi connectivity index (χ0n) is 12.8. The summed E-state index contributed by atoms with van der Waals surface area (Å²) in [6.45, 7) is 5.02. The fourth-order valence-corrected chi connectivity index (χ4v) is 3.73. The second-order valence-electron chi connectivity index (χ2n) is 5.82. The molecule has 1 aliphatic rings. The summed E-state index contributed by atoms with van der Waals surface area (Å²) in [5.41, 5.74) is 0.681. The first-order valence-corrected chi connectivity index (χ1v) is 9.19. The standard InChI is InChI=1S/C15H21ClN2O3S/c1-11-4-3-7-18(10-11)15(19)9-17-22(20,21)13-5-6-14(16)12(2)8-13/h5-6,8,11,17H,3-4,7,9-10H2,1-2H3. The molecule has 7 heteroatoms. The van der Waals surface area contributed by atoms with Crippen molar-refractivity contribution in [3.05, 3.63) is 28.8 Å². The molecule has 0 aliphatic carbocycles. The summed E-state index contributed by atoms with van der Waals surface area (Å²) in [7, 11) is -3.70. The minimum atomic E-state index is -3.70. The van der Waals surface area contributed by atoms with E-state index < -0.39 is 10.0 Å². The van der Waals surface area contributed by atoms with Gasteiger partial charge in [0.1, 0.15) is 0 Å². The molecule has 1 atom stereocenters. The second-order valence-corrected chi connectivity index (χ2v) is 8.00. The number of likely N-dealkylation sites (tertiary alicyclic amines) is 1. The van der Waals surface area contributed by atoms with Gasteiger partial charge in [0, 0.05) is 18.1 Å². The number of carbonyl (C=O) groups is 1. The number of aryl methyl sites for hydroxylation is 1. The Kier molecular flexibility index (Phi) is 5.47. The predicted molar refractivity (Wildman–Crippen MR) is 86.4 cm³/mol. The number of piperidine rings is 1. The van der Waals surface area contributed by atoms with Gasteiger partial charge in [0.05, 0.1) is 11.4 Å². The first kappa shape index (κ1) is 17.2. The second kappa shape index (κ2) is 6.98. The number of hydrogen-bond acceptors (Lipinski definition) is 3. The van der Waals surface area contributed by atoms with Gasteiger partial charge in [-0.15, -0.1) is 0 Å². The molecule has 0 saturated carbocycles. The summed E-state index contributed by atoms with van der Waals surface area (Å²) in [5, 5.41) is 0.511. The van der Waals surface area contributed by atoms with Crippen LogP contribution in [0.2, 0.25) is 5.02 Å².